The van der Waals surface area contributed by atoms with E-state index in [4.69, 9.17) is 22.0 Å². The van der Waals surface area contributed by atoms with Crippen LogP contribution in [0.4, 0.5) is 45.5 Å². The summed E-state index contributed by atoms with van der Waals surface area (Å²) < 4.78 is 13.6. The molecule has 8 nitrogen and oxygen atoms in total. The van der Waals surface area contributed by atoms with Crippen molar-refractivity contribution in [1.82, 2.24) is 0 Å². The number of benzene rings is 9. The lowest BCUT2D eigenvalue weighted by Crippen LogP contribution is -2.10. The first-order chi connectivity index (χ1) is 30.5. The molecular weight excluding hydrogens is 765 g/mol. The van der Waals surface area contributed by atoms with Crippen molar-refractivity contribution in [1.29, 1.82) is 10.5 Å². The van der Waals surface area contributed by atoms with E-state index >= 15 is 0 Å². The Hall–Kier alpha value is -9.34. The van der Waals surface area contributed by atoms with Gasteiger partial charge >= 0.3 is 0 Å². The normalized spacial score (nSPS) is 11.2. The Balaban J connectivity index is 1.14. The lowest BCUT2D eigenvalue weighted by Gasteiger charge is -2.27. The van der Waals surface area contributed by atoms with E-state index < -0.39 is 0 Å². The van der Waals surface area contributed by atoms with Crippen LogP contribution in [0.25, 0.3) is 75.1 Å². The zero-order chi connectivity index (χ0) is 41.9. The van der Waals surface area contributed by atoms with Crippen LogP contribution in [-0.4, -0.2) is 0 Å². The quantitative estimate of drug-likeness (QED) is 0.156. The minimum Gasteiger partial charge on any atom is -0.456 e. The second-order valence-electron chi connectivity index (χ2n) is 14.9. The van der Waals surface area contributed by atoms with Crippen molar-refractivity contribution in [3.05, 3.63) is 204 Å². The lowest BCUT2D eigenvalue weighted by atomic mass is 9.98. The number of rotatable bonds is 6. The van der Waals surface area contributed by atoms with Crippen LogP contribution in [0.3, 0.4) is 0 Å². The van der Waals surface area contributed by atoms with Gasteiger partial charge in [0.25, 0.3) is 0 Å². The standard InChI is InChI=1S/C54H28N6O2/c1-57-35-15-23-39(24-16-35)60(40-25-17-36(58-2)18-26-40)48-29-52-54(44-10-6-4-8-42(44)48)46-27-45-49(30-50(46)62-52)61-51-28-47(41-7-3-5-9-43(41)53(45)51)59(37-19-11-33(31-55)12-20-37)38-21-13-34(32-56)14-22-38/h3-30H. The monoisotopic (exact) mass is 792 g/mol. The molecule has 11 rings (SSSR count). The van der Waals surface area contributed by atoms with Gasteiger partial charge in [-0.3, -0.25) is 0 Å². The van der Waals surface area contributed by atoms with Crippen LogP contribution >= 0.6 is 0 Å². The first-order valence-corrected chi connectivity index (χ1v) is 19.7. The van der Waals surface area contributed by atoms with Gasteiger partial charge in [-0.1, -0.05) is 72.8 Å². The van der Waals surface area contributed by atoms with Crippen molar-refractivity contribution in [2.24, 2.45) is 0 Å². The zero-order valence-electron chi connectivity index (χ0n) is 32.7. The summed E-state index contributed by atoms with van der Waals surface area (Å²) in [4.78, 5) is 11.5. The molecule has 0 radical (unpaired) electrons. The van der Waals surface area contributed by atoms with Gasteiger partial charge in [0.2, 0.25) is 0 Å². The number of anilines is 6. The highest BCUT2D eigenvalue weighted by Gasteiger charge is 2.24. The summed E-state index contributed by atoms with van der Waals surface area (Å²) >= 11 is 0. The van der Waals surface area contributed by atoms with Crippen LogP contribution in [-0.2, 0) is 0 Å². The van der Waals surface area contributed by atoms with Gasteiger partial charge in [-0.2, -0.15) is 10.5 Å². The maximum absolute atomic E-state index is 9.57. The smallest absolute Gasteiger partial charge is 0.187 e. The summed E-state index contributed by atoms with van der Waals surface area (Å²) in [5.74, 6) is 0. The molecular formula is C54H28N6O2. The number of nitrogens with zero attached hydrogens (tertiary/aromatic N) is 6. The fourth-order valence-corrected chi connectivity index (χ4v) is 8.68. The Morgan fingerprint density at radius 3 is 1.10 bits per heavy atom. The van der Waals surface area contributed by atoms with Crippen molar-refractivity contribution < 1.29 is 8.83 Å². The Bertz CT molecular complexity index is 3420. The molecule has 11 aromatic rings. The highest BCUT2D eigenvalue weighted by molar-refractivity contribution is 6.28. The fraction of sp³-hybridized carbons (Fsp3) is 0. The highest BCUT2D eigenvalue weighted by atomic mass is 16.3. The molecule has 0 saturated carbocycles. The molecule has 0 aliphatic heterocycles. The van der Waals surface area contributed by atoms with Gasteiger partial charge in [-0.15, -0.1) is 0 Å². The first kappa shape index (κ1) is 35.8. The summed E-state index contributed by atoms with van der Waals surface area (Å²) in [5.41, 5.74) is 10.2. The maximum Gasteiger partial charge on any atom is 0.187 e. The molecule has 0 N–H and O–H groups in total. The van der Waals surface area contributed by atoms with Crippen LogP contribution in [0.2, 0.25) is 0 Å². The first-order valence-electron chi connectivity index (χ1n) is 19.7. The molecule has 0 bridgehead atoms. The SMILES string of the molecule is [C-]#[N+]c1ccc(N(c2ccc([N+]#[C-])cc2)c2cc3oc4cc5oc6cc(N(c7ccc(C#N)cc7)c7ccc(C#N)cc7)c7ccccc7c6c5cc4c3c3ccccc23)cc1. The molecule has 0 saturated heterocycles. The van der Waals surface area contributed by atoms with Gasteiger partial charge in [-0.05, 0) is 89.6 Å². The predicted molar refractivity (Wildman–Crippen MR) is 247 cm³/mol. The molecule has 0 amide bonds. The van der Waals surface area contributed by atoms with E-state index in [-0.39, 0.29) is 0 Å². The topological polar surface area (TPSA) is 89.1 Å². The van der Waals surface area contributed by atoms with Crippen LogP contribution in [0.15, 0.2) is 179 Å². The van der Waals surface area contributed by atoms with Crippen LogP contribution in [0.5, 0.6) is 0 Å². The number of nitriles is 2. The number of hydrogen-bond donors (Lipinski definition) is 0. The largest absolute Gasteiger partial charge is 0.456 e. The molecule has 0 aliphatic carbocycles. The highest BCUT2D eigenvalue weighted by Crippen LogP contribution is 2.49. The molecule has 9 aromatic carbocycles. The average molecular weight is 793 g/mol. The zero-order valence-corrected chi connectivity index (χ0v) is 32.7. The summed E-state index contributed by atoms with van der Waals surface area (Å²) in [6.45, 7) is 15.1. The molecule has 62 heavy (non-hydrogen) atoms. The van der Waals surface area contributed by atoms with Gasteiger partial charge in [0.15, 0.2) is 11.4 Å². The summed E-state index contributed by atoms with van der Waals surface area (Å²) in [7, 11) is 0. The maximum atomic E-state index is 9.57. The third-order valence-corrected chi connectivity index (χ3v) is 11.5. The van der Waals surface area contributed by atoms with Crippen molar-refractivity contribution in [2.75, 3.05) is 9.80 Å². The van der Waals surface area contributed by atoms with Crippen LogP contribution in [0, 0.1) is 35.8 Å². The van der Waals surface area contributed by atoms with E-state index in [0.717, 1.165) is 77.2 Å². The molecule has 0 unspecified atom stereocenters. The molecule has 0 atom stereocenters. The average Bonchev–Trinajstić information content (AvgIpc) is 3.88. The van der Waals surface area contributed by atoms with Crippen molar-refractivity contribution in [2.45, 2.75) is 0 Å². The minimum absolute atomic E-state index is 0.547. The van der Waals surface area contributed by atoms with Crippen LogP contribution in [0.1, 0.15) is 11.1 Å². The van der Waals surface area contributed by atoms with E-state index in [1.54, 1.807) is 24.3 Å². The Labute approximate surface area is 354 Å². The summed E-state index contributed by atoms with van der Waals surface area (Å²) in [6.07, 6.45) is 0. The van der Waals surface area contributed by atoms with E-state index in [2.05, 4.69) is 74.1 Å². The second kappa shape index (κ2) is 14.2. The lowest BCUT2D eigenvalue weighted by molar-refractivity contribution is 0.656. The molecule has 0 fully saturated rings. The van der Waals surface area contributed by atoms with E-state index in [1.807, 2.05) is 103 Å². The van der Waals surface area contributed by atoms with Gasteiger partial charge in [0, 0.05) is 73.3 Å². The third kappa shape index (κ3) is 5.65. The van der Waals surface area contributed by atoms with Crippen molar-refractivity contribution in [3.63, 3.8) is 0 Å². The Kier molecular flexibility index (Phi) is 8.19. The summed E-state index contributed by atoms with van der Waals surface area (Å²) in [5, 5.41) is 27.0. The molecule has 0 aliphatic rings. The molecule has 286 valence electrons. The molecule has 8 heteroatoms. The summed E-state index contributed by atoms with van der Waals surface area (Å²) in [6, 6.07) is 59.3. The van der Waals surface area contributed by atoms with Crippen molar-refractivity contribution in [3.8, 4) is 12.1 Å². The van der Waals surface area contributed by atoms with Gasteiger partial charge in [0.05, 0.1) is 47.8 Å². The number of hydrogen-bond acceptors (Lipinski definition) is 6. The minimum atomic E-state index is 0.547. The molecule has 2 aromatic heterocycles. The van der Waals surface area contributed by atoms with Gasteiger partial charge < -0.3 is 18.6 Å². The van der Waals surface area contributed by atoms with Crippen molar-refractivity contribution >= 4 is 111 Å². The van der Waals surface area contributed by atoms with Gasteiger partial charge in [0.1, 0.15) is 22.3 Å². The predicted octanol–water partition coefficient (Wildman–Crippen LogP) is 15.6. The van der Waals surface area contributed by atoms with Gasteiger partial charge in [-0.25, -0.2) is 9.69 Å². The van der Waals surface area contributed by atoms with E-state index in [0.29, 0.717) is 44.8 Å². The molecule has 2 heterocycles. The fourth-order valence-electron chi connectivity index (χ4n) is 8.68. The Morgan fingerprint density at radius 2 is 0.742 bits per heavy atom. The molecule has 0 spiro atoms. The van der Waals surface area contributed by atoms with Crippen LogP contribution < -0.4 is 9.80 Å². The van der Waals surface area contributed by atoms with E-state index in [1.165, 1.54) is 0 Å². The number of fused-ring (bicyclic) bond motifs is 10. The third-order valence-electron chi connectivity index (χ3n) is 11.5. The van der Waals surface area contributed by atoms with E-state index in [9.17, 15) is 10.5 Å². The number of furan rings is 2. The second-order valence-corrected chi connectivity index (χ2v) is 14.9. The Morgan fingerprint density at radius 1 is 0.387 bits per heavy atom.